The number of halogens is 1. The lowest BCUT2D eigenvalue weighted by Crippen LogP contribution is -2.53. The average Bonchev–Trinajstić information content (AvgIpc) is 3.34. The summed E-state index contributed by atoms with van der Waals surface area (Å²) in [6.07, 6.45) is 1.49. The highest BCUT2D eigenvalue weighted by Gasteiger charge is 2.32. The zero-order valence-corrected chi connectivity index (χ0v) is 13.8. The van der Waals surface area contributed by atoms with Crippen LogP contribution in [0.1, 0.15) is 10.6 Å². The van der Waals surface area contributed by atoms with E-state index in [1.165, 1.54) is 12.3 Å². The van der Waals surface area contributed by atoms with Gasteiger partial charge in [0.2, 0.25) is 5.96 Å². The number of aliphatic imine (C=N–C) groups is 1. The highest BCUT2D eigenvalue weighted by molar-refractivity contribution is 6.05. The summed E-state index contributed by atoms with van der Waals surface area (Å²) >= 11 is 0. The summed E-state index contributed by atoms with van der Waals surface area (Å²) < 4.78 is 19.2. The first-order valence-corrected chi connectivity index (χ1v) is 8.38. The second kappa shape index (κ2) is 6.58. The van der Waals surface area contributed by atoms with E-state index >= 15 is 0 Å². The number of hydrogen-bond acceptors (Lipinski definition) is 5. The van der Waals surface area contributed by atoms with Crippen molar-refractivity contribution in [1.29, 1.82) is 0 Å². The molecule has 3 heterocycles. The normalized spacial score (nSPS) is 17.8. The number of carbonyl (C=O) groups is 1. The first-order valence-electron chi connectivity index (χ1n) is 8.38. The fourth-order valence-electron chi connectivity index (χ4n) is 3.29. The molecule has 0 atom stereocenters. The van der Waals surface area contributed by atoms with E-state index in [9.17, 15) is 9.18 Å². The molecule has 6 nitrogen and oxygen atoms in total. The molecule has 0 aliphatic carbocycles. The van der Waals surface area contributed by atoms with Crippen LogP contribution in [0.25, 0.3) is 0 Å². The van der Waals surface area contributed by atoms with Crippen LogP contribution in [0.15, 0.2) is 52.1 Å². The first kappa shape index (κ1) is 15.7. The van der Waals surface area contributed by atoms with Gasteiger partial charge in [-0.2, -0.15) is 0 Å². The lowest BCUT2D eigenvalue weighted by atomic mass is 10.2. The van der Waals surface area contributed by atoms with Crippen LogP contribution in [0.4, 0.5) is 10.1 Å². The number of para-hydroxylation sites is 1. The van der Waals surface area contributed by atoms with Gasteiger partial charge in [-0.3, -0.25) is 14.7 Å². The smallest absolute Gasteiger partial charge is 0.296 e. The fraction of sp³-hybridized carbons (Fsp3) is 0.333. The van der Waals surface area contributed by atoms with Gasteiger partial charge in [0.1, 0.15) is 5.82 Å². The molecule has 1 saturated heterocycles. The largest absolute Gasteiger partial charge is 0.459 e. The van der Waals surface area contributed by atoms with E-state index in [0.29, 0.717) is 56.7 Å². The second-order valence-corrected chi connectivity index (χ2v) is 6.04. The van der Waals surface area contributed by atoms with Crippen molar-refractivity contribution < 1.29 is 13.6 Å². The van der Waals surface area contributed by atoms with E-state index < -0.39 is 0 Å². The number of benzene rings is 1. The van der Waals surface area contributed by atoms with Crippen LogP contribution in [-0.2, 0) is 0 Å². The van der Waals surface area contributed by atoms with Crippen LogP contribution in [0, 0.1) is 5.82 Å². The monoisotopic (exact) mass is 342 g/mol. The minimum Gasteiger partial charge on any atom is -0.459 e. The van der Waals surface area contributed by atoms with Gasteiger partial charge in [-0.25, -0.2) is 4.39 Å². The summed E-state index contributed by atoms with van der Waals surface area (Å²) in [5.41, 5.74) is 0.624. The summed E-state index contributed by atoms with van der Waals surface area (Å²) in [5.74, 6) is 0.635. The minimum atomic E-state index is -0.205. The standard InChI is InChI=1S/C18H19FN4O2/c19-14-4-1-2-5-15(14)21-9-11-22(12-10-21)18-20-7-8-23(18)17(24)16-6-3-13-25-16/h1-6,13H,7-12H2. The molecule has 4 rings (SSSR count). The third-order valence-electron chi connectivity index (χ3n) is 4.55. The molecule has 7 heteroatoms. The molecule has 0 radical (unpaired) electrons. The Morgan fingerprint density at radius 1 is 1.00 bits per heavy atom. The van der Waals surface area contributed by atoms with Crippen LogP contribution in [-0.4, -0.2) is 60.9 Å². The molecule has 1 aromatic carbocycles. The van der Waals surface area contributed by atoms with Crippen LogP contribution in [0.5, 0.6) is 0 Å². The number of nitrogens with zero attached hydrogens (tertiary/aromatic N) is 4. The number of guanidine groups is 1. The molecule has 2 aliphatic heterocycles. The maximum Gasteiger partial charge on any atom is 0.296 e. The lowest BCUT2D eigenvalue weighted by Gasteiger charge is -2.38. The predicted molar refractivity (Wildman–Crippen MR) is 92.2 cm³/mol. The quantitative estimate of drug-likeness (QED) is 0.838. The molecular formula is C18H19FN4O2. The Hall–Kier alpha value is -2.83. The van der Waals surface area contributed by atoms with Gasteiger partial charge in [0.05, 0.1) is 18.5 Å². The Bertz CT molecular complexity index is 782. The first-order chi connectivity index (χ1) is 12.2. The van der Waals surface area contributed by atoms with Crippen LogP contribution >= 0.6 is 0 Å². The molecule has 0 bridgehead atoms. The van der Waals surface area contributed by atoms with Gasteiger partial charge < -0.3 is 14.2 Å². The summed E-state index contributed by atoms with van der Waals surface area (Å²) in [5, 5.41) is 0. The lowest BCUT2D eigenvalue weighted by molar-refractivity contribution is 0.0812. The zero-order valence-electron chi connectivity index (χ0n) is 13.8. The Morgan fingerprint density at radius 2 is 1.76 bits per heavy atom. The van der Waals surface area contributed by atoms with E-state index in [2.05, 4.69) is 9.89 Å². The molecule has 0 N–H and O–H groups in total. The van der Waals surface area contributed by atoms with Crippen LogP contribution < -0.4 is 4.90 Å². The minimum absolute atomic E-state index is 0.169. The molecule has 2 aromatic rings. The van der Waals surface area contributed by atoms with Gasteiger partial charge in [0, 0.05) is 32.7 Å². The maximum absolute atomic E-state index is 14.0. The van der Waals surface area contributed by atoms with Gasteiger partial charge in [-0.15, -0.1) is 0 Å². The molecule has 1 aromatic heterocycles. The summed E-state index contributed by atoms with van der Waals surface area (Å²) in [6.45, 7) is 3.90. The third kappa shape index (κ3) is 2.97. The highest BCUT2D eigenvalue weighted by Crippen LogP contribution is 2.21. The van der Waals surface area contributed by atoms with Gasteiger partial charge in [0.15, 0.2) is 5.76 Å². The number of carbonyl (C=O) groups excluding carboxylic acids is 1. The van der Waals surface area contributed by atoms with Crippen molar-refractivity contribution in [1.82, 2.24) is 9.80 Å². The molecular weight excluding hydrogens is 323 g/mol. The number of anilines is 1. The summed E-state index contributed by atoms with van der Waals surface area (Å²) in [6, 6.07) is 10.2. The number of rotatable bonds is 2. The Kier molecular flexibility index (Phi) is 4.13. The molecule has 2 aliphatic rings. The number of hydrogen-bond donors (Lipinski definition) is 0. The Labute approximate surface area is 145 Å². The molecule has 0 spiro atoms. The SMILES string of the molecule is O=C(c1ccco1)N1CCN=C1N1CCN(c2ccccc2F)CC1. The van der Waals surface area contributed by atoms with Crippen LogP contribution in [0.3, 0.4) is 0 Å². The molecule has 0 unspecified atom stereocenters. The summed E-state index contributed by atoms with van der Waals surface area (Å²) in [7, 11) is 0. The van der Waals surface area contributed by atoms with E-state index in [-0.39, 0.29) is 11.7 Å². The molecule has 1 fully saturated rings. The average molecular weight is 342 g/mol. The van der Waals surface area contributed by atoms with Crippen molar-refractivity contribution in [3.63, 3.8) is 0 Å². The van der Waals surface area contributed by atoms with Crippen molar-refractivity contribution in [2.24, 2.45) is 4.99 Å². The van der Waals surface area contributed by atoms with Crippen molar-refractivity contribution in [3.05, 3.63) is 54.2 Å². The van der Waals surface area contributed by atoms with Crippen LogP contribution in [0.2, 0.25) is 0 Å². The van der Waals surface area contributed by atoms with E-state index in [1.807, 2.05) is 11.0 Å². The zero-order chi connectivity index (χ0) is 17.2. The van der Waals surface area contributed by atoms with Gasteiger partial charge in [-0.05, 0) is 24.3 Å². The third-order valence-corrected chi connectivity index (χ3v) is 4.55. The number of amides is 1. The predicted octanol–water partition coefficient (Wildman–Crippen LogP) is 2.05. The van der Waals surface area contributed by atoms with Gasteiger partial charge >= 0.3 is 0 Å². The Balaban J connectivity index is 1.43. The van der Waals surface area contributed by atoms with Gasteiger partial charge in [0.25, 0.3) is 5.91 Å². The second-order valence-electron chi connectivity index (χ2n) is 6.04. The molecule has 1 amide bonds. The van der Waals surface area contributed by atoms with Crippen molar-refractivity contribution >= 4 is 17.6 Å². The van der Waals surface area contributed by atoms with E-state index in [0.717, 1.165) is 0 Å². The van der Waals surface area contributed by atoms with E-state index in [1.54, 1.807) is 29.2 Å². The maximum atomic E-state index is 14.0. The van der Waals surface area contributed by atoms with Crippen molar-refractivity contribution in [2.45, 2.75) is 0 Å². The number of furan rings is 1. The fourth-order valence-corrected chi connectivity index (χ4v) is 3.29. The number of piperazine rings is 1. The Morgan fingerprint density at radius 3 is 2.48 bits per heavy atom. The van der Waals surface area contributed by atoms with Gasteiger partial charge in [-0.1, -0.05) is 12.1 Å². The topological polar surface area (TPSA) is 52.3 Å². The summed E-state index contributed by atoms with van der Waals surface area (Å²) in [4.78, 5) is 22.8. The molecule has 0 saturated carbocycles. The highest BCUT2D eigenvalue weighted by atomic mass is 19.1. The van der Waals surface area contributed by atoms with Crippen molar-refractivity contribution in [2.75, 3.05) is 44.2 Å². The molecule has 130 valence electrons. The molecule has 25 heavy (non-hydrogen) atoms. The van der Waals surface area contributed by atoms with Crippen molar-refractivity contribution in [3.8, 4) is 0 Å². The van der Waals surface area contributed by atoms with E-state index in [4.69, 9.17) is 4.42 Å².